The summed E-state index contributed by atoms with van der Waals surface area (Å²) < 4.78 is 20.4. The van der Waals surface area contributed by atoms with Crippen LogP contribution in [0.25, 0.3) is 11.4 Å². The third kappa shape index (κ3) is 9.01. The molecule has 0 unspecified atom stereocenters. The summed E-state index contributed by atoms with van der Waals surface area (Å²) in [6.07, 6.45) is 21.2. The Morgan fingerprint density at radius 1 is 0.914 bits per heavy atom. The van der Waals surface area contributed by atoms with Gasteiger partial charge in [-0.2, -0.15) is 0 Å². The lowest BCUT2D eigenvalue weighted by atomic mass is 9.85. The van der Waals surface area contributed by atoms with Crippen LogP contribution in [0.15, 0.2) is 30.6 Å². The third-order valence-corrected chi connectivity index (χ3v) is 7.24. The van der Waals surface area contributed by atoms with Crippen molar-refractivity contribution in [3.8, 4) is 11.4 Å². The lowest BCUT2D eigenvalue weighted by Crippen LogP contribution is -2.25. The monoisotopic (exact) mass is 482 g/mol. The number of benzene rings is 1. The van der Waals surface area contributed by atoms with Gasteiger partial charge in [0, 0.05) is 18.0 Å². The Morgan fingerprint density at radius 2 is 1.57 bits per heavy atom. The largest absolute Gasteiger partial charge is 0.459 e. The van der Waals surface area contributed by atoms with E-state index in [-0.39, 0.29) is 11.7 Å². The van der Waals surface area contributed by atoms with Crippen LogP contribution >= 0.6 is 0 Å². The van der Waals surface area contributed by atoms with Crippen LogP contribution < -0.4 is 0 Å². The first-order valence-electron chi connectivity index (χ1n) is 13.9. The van der Waals surface area contributed by atoms with Gasteiger partial charge in [-0.1, -0.05) is 77.7 Å². The second kappa shape index (κ2) is 15.0. The normalized spacial score (nSPS) is 17.9. The van der Waals surface area contributed by atoms with Crippen LogP contribution in [0.2, 0.25) is 0 Å². The zero-order valence-electron chi connectivity index (χ0n) is 21.7. The summed E-state index contributed by atoms with van der Waals surface area (Å²) in [5.41, 5.74) is 1.66. The van der Waals surface area contributed by atoms with Crippen molar-refractivity contribution in [2.75, 3.05) is 0 Å². The molecule has 5 heteroatoms. The third-order valence-electron chi connectivity index (χ3n) is 7.24. The second-order valence-corrected chi connectivity index (χ2v) is 10.2. The summed E-state index contributed by atoms with van der Waals surface area (Å²) in [4.78, 5) is 21.4. The van der Waals surface area contributed by atoms with Crippen LogP contribution in [0, 0.1) is 11.7 Å². The number of hydrogen-bond acceptors (Lipinski definition) is 4. The van der Waals surface area contributed by atoms with E-state index in [2.05, 4.69) is 23.8 Å². The maximum atomic E-state index is 14.8. The molecule has 0 atom stereocenters. The fourth-order valence-corrected chi connectivity index (χ4v) is 5.08. The summed E-state index contributed by atoms with van der Waals surface area (Å²) in [7, 11) is 0. The van der Waals surface area contributed by atoms with Crippen LogP contribution in [0.5, 0.6) is 0 Å². The predicted molar refractivity (Wildman–Crippen MR) is 140 cm³/mol. The molecule has 1 heterocycles. The van der Waals surface area contributed by atoms with Crippen LogP contribution in [-0.4, -0.2) is 22.0 Å². The van der Waals surface area contributed by atoms with Crippen LogP contribution in [0.1, 0.15) is 120 Å². The highest BCUT2D eigenvalue weighted by Gasteiger charge is 2.25. The van der Waals surface area contributed by atoms with Gasteiger partial charge in [-0.05, 0) is 62.1 Å². The number of carbonyl (C=O) groups excluding carboxylic acids is 1. The first-order valence-corrected chi connectivity index (χ1v) is 13.9. The number of aromatic nitrogens is 2. The molecule has 1 fully saturated rings. The lowest BCUT2D eigenvalue weighted by molar-refractivity contribution is 0.0157. The van der Waals surface area contributed by atoms with Gasteiger partial charge in [0.2, 0.25) is 0 Å². The number of esters is 1. The Balaban J connectivity index is 1.45. The predicted octanol–water partition coefficient (Wildman–Crippen LogP) is 8.48. The Kier molecular flexibility index (Phi) is 11.7. The molecule has 1 aliphatic carbocycles. The molecule has 0 spiro atoms. The average molecular weight is 483 g/mol. The molecule has 0 saturated heterocycles. The Hall–Kier alpha value is -2.30. The smallest absolute Gasteiger partial charge is 0.341 e. The van der Waals surface area contributed by atoms with Gasteiger partial charge in [-0.15, -0.1) is 0 Å². The van der Waals surface area contributed by atoms with E-state index in [4.69, 9.17) is 4.74 Å². The van der Waals surface area contributed by atoms with Gasteiger partial charge in [0.05, 0.1) is 5.56 Å². The SMILES string of the molecule is CCCCCCCCCCc1cnc(-c2ccc(C(=O)O[C@H]3CC[C@H](CCC)CC3)c(F)c2)nc1. The summed E-state index contributed by atoms with van der Waals surface area (Å²) >= 11 is 0. The average Bonchev–Trinajstić information content (AvgIpc) is 2.87. The number of hydrogen-bond donors (Lipinski definition) is 0. The molecule has 0 N–H and O–H groups in total. The molecule has 1 aromatic carbocycles. The molecular formula is C30H43FN2O2. The maximum absolute atomic E-state index is 14.8. The second-order valence-electron chi connectivity index (χ2n) is 10.2. The van der Waals surface area contributed by atoms with Gasteiger partial charge in [-0.3, -0.25) is 0 Å². The van der Waals surface area contributed by atoms with Gasteiger partial charge in [0.15, 0.2) is 5.82 Å². The van der Waals surface area contributed by atoms with Crippen molar-refractivity contribution < 1.29 is 13.9 Å². The van der Waals surface area contributed by atoms with Crippen molar-refractivity contribution in [2.24, 2.45) is 5.92 Å². The van der Waals surface area contributed by atoms with E-state index < -0.39 is 11.8 Å². The van der Waals surface area contributed by atoms with E-state index >= 15 is 0 Å². The number of halogens is 1. The number of aryl methyl sites for hydroxylation is 1. The molecule has 1 aromatic heterocycles. The Morgan fingerprint density at radius 3 is 2.20 bits per heavy atom. The number of nitrogens with zero attached hydrogens (tertiary/aromatic N) is 2. The summed E-state index contributed by atoms with van der Waals surface area (Å²) in [6, 6.07) is 4.53. The molecule has 1 saturated carbocycles. The molecule has 192 valence electrons. The molecule has 0 amide bonds. The molecule has 3 rings (SSSR count). The van der Waals surface area contributed by atoms with Gasteiger partial charge in [-0.25, -0.2) is 19.2 Å². The van der Waals surface area contributed by atoms with Gasteiger partial charge >= 0.3 is 5.97 Å². The fourth-order valence-electron chi connectivity index (χ4n) is 5.08. The van der Waals surface area contributed by atoms with Gasteiger partial charge in [0.25, 0.3) is 0 Å². The number of carbonyl (C=O) groups is 1. The molecule has 0 bridgehead atoms. The molecule has 4 nitrogen and oxygen atoms in total. The van der Waals surface area contributed by atoms with Crippen molar-refractivity contribution in [2.45, 2.75) is 116 Å². The number of rotatable bonds is 14. The van der Waals surface area contributed by atoms with Crippen molar-refractivity contribution >= 4 is 5.97 Å². The molecule has 0 radical (unpaired) electrons. The first-order chi connectivity index (χ1) is 17.1. The topological polar surface area (TPSA) is 52.1 Å². The highest BCUT2D eigenvalue weighted by molar-refractivity contribution is 5.90. The standard InChI is InChI=1S/C30H43FN2O2/c1-3-5-6-7-8-9-10-11-13-24-21-32-29(33-22-24)25-16-19-27(28(31)20-25)30(34)35-26-17-14-23(12-4-2)15-18-26/h16,19-23,26H,3-15,17-18H2,1-2H3/t23-,26-. The van der Waals surface area contributed by atoms with Crippen molar-refractivity contribution in [3.63, 3.8) is 0 Å². The molecule has 0 aliphatic heterocycles. The van der Waals surface area contributed by atoms with Gasteiger partial charge < -0.3 is 4.74 Å². The highest BCUT2D eigenvalue weighted by Crippen LogP contribution is 2.30. The zero-order valence-corrected chi connectivity index (χ0v) is 21.7. The van der Waals surface area contributed by atoms with Crippen LogP contribution in [0.4, 0.5) is 4.39 Å². The van der Waals surface area contributed by atoms with Crippen LogP contribution in [-0.2, 0) is 11.2 Å². The summed E-state index contributed by atoms with van der Waals surface area (Å²) in [6.45, 7) is 4.45. The Labute approximate surface area is 211 Å². The Bertz CT molecular complexity index is 892. The molecular weight excluding hydrogens is 439 g/mol. The van der Waals surface area contributed by atoms with E-state index in [1.165, 1.54) is 69.9 Å². The van der Waals surface area contributed by atoms with Crippen molar-refractivity contribution in [3.05, 3.63) is 47.5 Å². The quantitative estimate of drug-likeness (QED) is 0.200. The zero-order chi connectivity index (χ0) is 24.9. The first kappa shape index (κ1) is 27.3. The number of ether oxygens (including phenoxy) is 1. The minimum Gasteiger partial charge on any atom is -0.459 e. The van der Waals surface area contributed by atoms with Gasteiger partial charge in [0.1, 0.15) is 11.9 Å². The maximum Gasteiger partial charge on any atom is 0.341 e. The summed E-state index contributed by atoms with van der Waals surface area (Å²) in [5, 5.41) is 0. The molecule has 35 heavy (non-hydrogen) atoms. The van der Waals surface area contributed by atoms with Crippen molar-refractivity contribution in [1.29, 1.82) is 0 Å². The number of unbranched alkanes of at least 4 members (excludes halogenated alkanes) is 7. The summed E-state index contributed by atoms with van der Waals surface area (Å²) in [5.74, 6) is 0.0452. The molecule has 1 aliphatic rings. The van der Waals surface area contributed by atoms with E-state index in [1.54, 1.807) is 6.07 Å². The van der Waals surface area contributed by atoms with E-state index in [9.17, 15) is 9.18 Å². The lowest BCUT2D eigenvalue weighted by Gasteiger charge is -2.28. The minimum absolute atomic E-state index is 0.0178. The van der Waals surface area contributed by atoms with Crippen LogP contribution in [0.3, 0.4) is 0 Å². The highest BCUT2D eigenvalue weighted by atomic mass is 19.1. The van der Waals surface area contributed by atoms with E-state index in [0.29, 0.717) is 11.4 Å². The minimum atomic E-state index is -0.584. The molecule has 2 aromatic rings. The fraction of sp³-hybridized carbons (Fsp3) is 0.633. The van der Waals surface area contributed by atoms with E-state index in [1.807, 2.05) is 12.4 Å². The van der Waals surface area contributed by atoms with E-state index in [0.717, 1.165) is 50.0 Å². The van der Waals surface area contributed by atoms with Crippen molar-refractivity contribution in [1.82, 2.24) is 9.97 Å².